The van der Waals surface area contributed by atoms with E-state index in [0.717, 1.165) is 37.4 Å². The Kier molecular flexibility index (Phi) is 5.49. The zero-order valence-electron chi connectivity index (χ0n) is 14.1. The normalized spacial score (nSPS) is 17.5. The third kappa shape index (κ3) is 4.15. The van der Waals surface area contributed by atoms with Crippen molar-refractivity contribution in [2.75, 3.05) is 26.2 Å². The first-order valence-corrected chi connectivity index (χ1v) is 8.49. The molecule has 3 rings (SSSR count). The van der Waals surface area contributed by atoms with E-state index in [1.807, 2.05) is 41.3 Å². The first-order chi connectivity index (χ1) is 11.7. The maximum absolute atomic E-state index is 12.4. The second kappa shape index (κ2) is 7.97. The van der Waals surface area contributed by atoms with Gasteiger partial charge in [-0.05, 0) is 24.1 Å². The fourth-order valence-corrected chi connectivity index (χ4v) is 3.04. The van der Waals surface area contributed by atoms with Crippen LogP contribution in [-0.4, -0.2) is 43.1 Å². The number of carbonyl (C=O) groups excluding carboxylic acids is 1. The first-order valence-electron chi connectivity index (χ1n) is 8.49. The zero-order valence-corrected chi connectivity index (χ0v) is 14.1. The van der Waals surface area contributed by atoms with Crippen molar-refractivity contribution >= 4 is 5.91 Å². The summed E-state index contributed by atoms with van der Waals surface area (Å²) < 4.78 is 5.86. The van der Waals surface area contributed by atoms with Crippen LogP contribution in [-0.2, 0) is 11.2 Å². The zero-order chi connectivity index (χ0) is 16.8. The van der Waals surface area contributed by atoms with Crippen molar-refractivity contribution in [3.8, 4) is 5.75 Å². The molecule has 0 aliphatic carbocycles. The Morgan fingerprint density at radius 3 is 2.71 bits per heavy atom. The van der Waals surface area contributed by atoms with Crippen molar-refractivity contribution in [2.24, 2.45) is 0 Å². The number of carbonyl (C=O) groups is 1. The topological polar surface area (TPSA) is 41.6 Å². The highest BCUT2D eigenvalue weighted by Crippen LogP contribution is 2.21. The van der Waals surface area contributed by atoms with E-state index in [1.165, 1.54) is 5.56 Å². The van der Waals surface area contributed by atoms with Crippen LogP contribution in [0.5, 0.6) is 5.75 Å². The van der Waals surface area contributed by atoms with Gasteiger partial charge in [-0.25, -0.2) is 0 Å². The van der Waals surface area contributed by atoms with Gasteiger partial charge in [-0.2, -0.15) is 0 Å². The van der Waals surface area contributed by atoms with Crippen LogP contribution >= 0.6 is 0 Å². The van der Waals surface area contributed by atoms with E-state index in [2.05, 4.69) is 30.4 Å². The summed E-state index contributed by atoms with van der Waals surface area (Å²) in [5, 5.41) is 3.29. The molecule has 0 saturated carbocycles. The Morgan fingerprint density at radius 2 is 1.92 bits per heavy atom. The van der Waals surface area contributed by atoms with Gasteiger partial charge in [-0.1, -0.05) is 48.5 Å². The Bertz CT molecular complexity index is 672. The highest BCUT2D eigenvalue weighted by Gasteiger charge is 2.23. The number of benzene rings is 2. The molecule has 4 heteroatoms. The predicted octanol–water partition coefficient (Wildman–Crippen LogP) is 2.48. The van der Waals surface area contributed by atoms with Crippen molar-refractivity contribution in [1.82, 2.24) is 10.2 Å². The van der Waals surface area contributed by atoms with Gasteiger partial charge in [0, 0.05) is 32.1 Å². The van der Waals surface area contributed by atoms with E-state index >= 15 is 0 Å². The summed E-state index contributed by atoms with van der Waals surface area (Å²) in [4.78, 5) is 14.3. The van der Waals surface area contributed by atoms with Crippen molar-refractivity contribution in [2.45, 2.75) is 19.4 Å². The molecule has 24 heavy (non-hydrogen) atoms. The van der Waals surface area contributed by atoms with Crippen LogP contribution < -0.4 is 10.1 Å². The van der Waals surface area contributed by atoms with Gasteiger partial charge in [0.05, 0.1) is 0 Å². The van der Waals surface area contributed by atoms with E-state index in [0.29, 0.717) is 0 Å². The fraction of sp³-hybridized carbons (Fsp3) is 0.350. The van der Waals surface area contributed by atoms with Gasteiger partial charge in [0.25, 0.3) is 5.91 Å². The maximum Gasteiger partial charge on any atom is 0.260 e. The molecule has 0 aromatic heterocycles. The average Bonchev–Trinajstić information content (AvgIpc) is 2.62. The summed E-state index contributed by atoms with van der Waals surface area (Å²) in [6.45, 7) is 4.59. The summed E-state index contributed by atoms with van der Waals surface area (Å²) in [5.74, 6) is 0.844. The summed E-state index contributed by atoms with van der Waals surface area (Å²) in [7, 11) is 0. The molecule has 1 N–H and O–H groups in total. The molecule has 0 bridgehead atoms. The molecule has 1 saturated heterocycles. The summed E-state index contributed by atoms with van der Waals surface area (Å²) >= 11 is 0. The molecule has 1 fully saturated rings. The Hall–Kier alpha value is -2.33. The molecule has 4 nitrogen and oxygen atoms in total. The predicted molar refractivity (Wildman–Crippen MR) is 95.2 cm³/mol. The first kappa shape index (κ1) is 16.5. The number of hydrogen-bond acceptors (Lipinski definition) is 3. The van der Waals surface area contributed by atoms with Crippen molar-refractivity contribution in [3.05, 3.63) is 65.7 Å². The lowest BCUT2D eigenvalue weighted by Gasteiger charge is -2.33. The molecular weight excluding hydrogens is 300 g/mol. The third-order valence-corrected chi connectivity index (χ3v) is 4.38. The van der Waals surface area contributed by atoms with E-state index in [1.54, 1.807) is 0 Å². The number of piperazine rings is 1. The Labute approximate surface area is 143 Å². The van der Waals surface area contributed by atoms with Crippen molar-refractivity contribution in [3.63, 3.8) is 0 Å². The number of nitrogens with one attached hydrogen (secondary N) is 1. The second-order valence-electron chi connectivity index (χ2n) is 6.20. The number of hydrogen-bond donors (Lipinski definition) is 1. The highest BCUT2D eigenvalue weighted by molar-refractivity contribution is 5.78. The minimum atomic E-state index is 0.0542. The maximum atomic E-state index is 12.4. The number of ether oxygens (including phenoxy) is 1. The molecular formula is C20H24N2O2. The second-order valence-corrected chi connectivity index (χ2v) is 6.20. The minimum Gasteiger partial charge on any atom is -0.483 e. The molecule has 0 radical (unpaired) electrons. The summed E-state index contributed by atoms with van der Waals surface area (Å²) in [6.07, 6.45) is 0.801. The molecule has 1 unspecified atom stereocenters. The molecule has 1 amide bonds. The average molecular weight is 324 g/mol. The van der Waals surface area contributed by atoms with Gasteiger partial charge in [0.1, 0.15) is 5.75 Å². The molecule has 1 aliphatic rings. The molecule has 2 aromatic rings. The van der Waals surface area contributed by atoms with Gasteiger partial charge in [0.15, 0.2) is 6.61 Å². The van der Waals surface area contributed by atoms with Crippen LogP contribution in [0.15, 0.2) is 54.6 Å². The van der Waals surface area contributed by atoms with Crippen LogP contribution in [0.1, 0.15) is 18.1 Å². The Morgan fingerprint density at radius 1 is 1.17 bits per heavy atom. The van der Waals surface area contributed by atoms with Crippen LogP contribution in [0.25, 0.3) is 0 Å². The van der Waals surface area contributed by atoms with Crippen LogP contribution in [0, 0.1) is 0 Å². The third-order valence-electron chi connectivity index (χ3n) is 4.38. The van der Waals surface area contributed by atoms with Crippen LogP contribution in [0.4, 0.5) is 0 Å². The van der Waals surface area contributed by atoms with Gasteiger partial charge >= 0.3 is 0 Å². The fourth-order valence-electron chi connectivity index (χ4n) is 3.04. The molecule has 1 aliphatic heterocycles. The molecule has 2 aromatic carbocycles. The number of nitrogens with zero attached hydrogens (tertiary/aromatic N) is 1. The van der Waals surface area contributed by atoms with E-state index < -0.39 is 0 Å². The van der Waals surface area contributed by atoms with Gasteiger partial charge < -0.3 is 15.0 Å². The van der Waals surface area contributed by atoms with Crippen molar-refractivity contribution < 1.29 is 9.53 Å². The molecule has 1 atom stereocenters. The smallest absolute Gasteiger partial charge is 0.260 e. The van der Waals surface area contributed by atoms with Gasteiger partial charge in [-0.15, -0.1) is 0 Å². The quantitative estimate of drug-likeness (QED) is 0.919. The van der Waals surface area contributed by atoms with Crippen LogP contribution in [0.3, 0.4) is 0 Å². The standard InChI is InChI=1S/C20H24N2O2/c1-16-14-21-11-12-22(16)20(23)15-24-19-10-6-5-9-18(19)13-17-7-3-2-4-8-17/h2-10,16,21H,11-15H2,1H3. The SMILES string of the molecule is CC1CNCCN1C(=O)COc1ccccc1Cc1ccccc1. The highest BCUT2D eigenvalue weighted by atomic mass is 16.5. The van der Waals surface area contributed by atoms with Crippen LogP contribution in [0.2, 0.25) is 0 Å². The van der Waals surface area contributed by atoms with Crippen molar-refractivity contribution in [1.29, 1.82) is 0 Å². The van der Waals surface area contributed by atoms with Gasteiger partial charge in [-0.3, -0.25) is 4.79 Å². The summed E-state index contributed by atoms with van der Waals surface area (Å²) in [6, 6.07) is 18.4. The van der Waals surface area contributed by atoms with E-state index in [4.69, 9.17) is 4.74 Å². The van der Waals surface area contributed by atoms with Gasteiger partial charge in [0.2, 0.25) is 0 Å². The number of para-hydroxylation sites is 1. The minimum absolute atomic E-state index is 0.0542. The monoisotopic (exact) mass is 324 g/mol. The summed E-state index contributed by atoms with van der Waals surface area (Å²) in [5.41, 5.74) is 2.33. The largest absolute Gasteiger partial charge is 0.483 e. The molecule has 1 heterocycles. The van der Waals surface area contributed by atoms with E-state index in [9.17, 15) is 4.79 Å². The van der Waals surface area contributed by atoms with E-state index in [-0.39, 0.29) is 18.6 Å². The number of rotatable bonds is 5. The lowest BCUT2D eigenvalue weighted by molar-refractivity contribution is -0.136. The number of amides is 1. The molecule has 126 valence electrons. The molecule has 0 spiro atoms. The lowest BCUT2D eigenvalue weighted by atomic mass is 10.0. The lowest BCUT2D eigenvalue weighted by Crippen LogP contribution is -2.53. The Balaban J connectivity index is 1.64.